The van der Waals surface area contributed by atoms with Crippen molar-refractivity contribution >= 4 is 28.9 Å². The molecule has 2 fully saturated rings. The maximum absolute atomic E-state index is 12.6. The number of amides is 2. The van der Waals surface area contributed by atoms with Crippen LogP contribution >= 0.6 is 0 Å². The summed E-state index contributed by atoms with van der Waals surface area (Å²) >= 11 is 0. The summed E-state index contributed by atoms with van der Waals surface area (Å²) in [6.45, 7) is 3.11. The van der Waals surface area contributed by atoms with Crippen molar-refractivity contribution in [3.05, 3.63) is 89.5 Å². The standard InChI is InChI=1S/C36H46N4O5/c37-31-9-5-6-10-32(31)39-35(43)12-4-1-3-11-34(42)38-29-19-17-28(18-20-29)36-44-30(24-40-21-7-2-8-22-40)23-33(45-36)27-15-13-26(25-41)14-16-27/h5-6,9-10,13-20,30,33,36,41H,1-4,7-8,11-12,21-25,37H2,(H,38,42)(H,39,43). The van der Waals surface area contributed by atoms with Crippen LogP contribution in [-0.2, 0) is 25.7 Å². The van der Waals surface area contributed by atoms with Crippen molar-refractivity contribution in [1.82, 2.24) is 4.90 Å². The Morgan fingerprint density at radius 1 is 0.800 bits per heavy atom. The third-order valence-electron chi connectivity index (χ3n) is 8.53. The number of hydrogen-bond donors (Lipinski definition) is 4. The van der Waals surface area contributed by atoms with Crippen molar-refractivity contribution < 1.29 is 24.2 Å². The van der Waals surface area contributed by atoms with Gasteiger partial charge in [0.1, 0.15) is 0 Å². The maximum atomic E-state index is 12.6. The zero-order valence-electron chi connectivity index (χ0n) is 26.0. The summed E-state index contributed by atoms with van der Waals surface area (Å²) in [5.74, 6) is -0.130. The van der Waals surface area contributed by atoms with E-state index in [0.29, 0.717) is 37.1 Å². The topological polar surface area (TPSA) is 126 Å². The molecule has 3 unspecified atom stereocenters. The number of nitrogen functional groups attached to an aromatic ring is 1. The van der Waals surface area contributed by atoms with Gasteiger partial charge in [-0.25, -0.2) is 0 Å². The van der Waals surface area contributed by atoms with E-state index in [0.717, 1.165) is 54.9 Å². The first-order valence-corrected chi connectivity index (χ1v) is 16.2. The van der Waals surface area contributed by atoms with Gasteiger partial charge in [-0.2, -0.15) is 0 Å². The van der Waals surface area contributed by atoms with Crippen molar-refractivity contribution in [1.29, 1.82) is 0 Å². The van der Waals surface area contributed by atoms with Crippen LogP contribution in [-0.4, -0.2) is 47.6 Å². The number of ether oxygens (including phenoxy) is 2. The molecule has 3 aromatic carbocycles. The van der Waals surface area contributed by atoms with Crippen LogP contribution in [0.5, 0.6) is 0 Å². The van der Waals surface area contributed by atoms with E-state index in [-0.39, 0.29) is 30.6 Å². The molecule has 2 saturated heterocycles. The number of unbranched alkanes of at least 4 members (excludes halogenated alkanes) is 2. The van der Waals surface area contributed by atoms with Gasteiger partial charge in [0, 0.05) is 37.1 Å². The number of aliphatic hydroxyl groups excluding tert-OH is 1. The number of benzene rings is 3. The predicted octanol–water partition coefficient (Wildman–Crippen LogP) is 6.32. The molecule has 2 heterocycles. The van der Waals surface area contributed by atoms with Crippen molar-refractivity contribution in [3.8, 4) is 0 Å². The Morgan fingerprint density at radius 2 is 1.47 bits per heavy atom. The Balaban J connectivity index is 1.10. The molecular weight excluding hydrogens is 568 g/mol. The predicted molar refractivity (Wildman–Crippen MR) is 176 cm³/mol. The summed E-state index contributed by atoms with van der Waals surface area (Å²) in [4.78, 5) is 27.3. The SMILES string of the molecule is Nc1ccccc1NC(=O)CCCCCC(=O)Nc1ccc(C2OC(CN3CCCCC3)CC(c3ccc(CO)cc3)O2)cc1. The molecule has 9 heteroatoms. The minimum Gasteiger partial charge on any atom is -0.397 e. The number of nitrogens with two attached hydrogens (primary N) is 1. The van der Waals surface area contributed by atoms with Crippen LogP contribution in [0, 0.1) is 0 Å². The van der Waals surface area contributed by atoms with Gasteiger partial charge in [0.05, 0.1) is 30.2 Å². The van der Waals surface area contributed by atoms with Gasteiger partial charge in [0.25, 0.3) is 0 Å². The number of carbonyl (C=O) groups is 2. The Kier molecular flexibility index (Phi) is 12.0. The Hall–Kier alpha value is -3.76. The van der Waals surface area contributed by atoms with Gasteiger partial charge >= 0.3 is 0 Å². The highest BCUT2D eigenvalue weighted by Gasteiger charge is 2.33. The molecule has 2 aliphatic heterocycles. The molecule has 3 aromatic rings. The number of aliphatic hydroxyl groups is 1. The zero-order valence-corrected chi connectivity index (χ0v) is 26.0. The molecule has 45 heavy (non-hydrogen) atoms. The molecule has 0 aromatic heterocycles. The fourth-order valence-corrected chi connectivity index (χ4v) is 5.98. The highest BCUT2D eigenvalue weighted by atomic mass is 16.7. The quantitative estimate of drug-likeness (QED) is 0.131. The van der Waals surface area contributed by atoms with E-state index in [9.17, 15) is 14.7 Å². The van der Waals surface area contributed by atoms with Crippen LogP contribution in [0.15, 0.2) is 72.8 Å². The van der Waals surface area contributed by atoms with Gasteiger partial charge in [-0.15, -0.1) is 0 Å². The van der Waals surface area contributed by atoms with Gasteiger partial charge in [-0.3, -0.25) is 9.59 Å². The third-order valence-corrected chi connectivity index (χ3v) is 8.53. The largest absolute Gasteiger partial charge is 0.397 e. The van der Waals surface area contributed by atoms with Crippen molar-refractivity contribution in [2.45, 2.75) is 82.9 Å². The summed E-state index contributed by atoms with van der Waals surface area (Å²) in [5.41, 5.74) is 10.6. The van der Waals surface area contributed by atoms with Crippen molar-refractivity contribution in [2.24, 2.45) is 0 Å². The zero-order chi connectivity index (χ0) is 31.4. The van der Waals surface area contributed by atoms with Gasteiger partial charge in [-0.05, 0) is 74.2 Å². The van der Waals surface area contributed by atoms with Crippen LogP contribution in [0.1, 0.15) is 86.9 Å². The van der Waals surface area contributed by atoms with Gasteiger partial charge < -0.3 is 35.8 Å². The summed E-state index contributed by atoms with van der Waals surface area (Å²) in [7, 11) is 0. The maximum Gasteiger partial charge on any atom is 0.224 e. The van der Waals surface area contributed by atoms with Crippen LogP contribution < -0.4 is 16.4 Å². The lowest BCUT2D eigenvalue weighted by Crippen LogP contribution is -2.41. The van der Waals surface area contributed by atoms with E-state index in [1.54, 1.807) is 12.1 Å². The average molecular weight is 615 g/mol. The van der Waals surface area contributed by atoms with Crippen LogP contribution in [0.2, 0.25) is 0 Å². The van der Waals surface area contributed by atoms with Gasteiger partial charge in [0.15, 0.2) is 6.29 Å². The summed E-state index contributed by atoms with van der Waals surface area (Å²) < 4.78 is 13.0. The van der Waals surface area contributed by atoms with Crippen LogP contribution in [0.4, 0.5) is 17.1 Å². The number of para-hydroxylation sites is 2. The number of anilines is 3. The second kappa shape index (κ2) is 16.5. The molecule has 3 atom stereocenters. The molecule has 240 valence electrons. The number of likely N-dealkylation sites (tertiary alicyclic amines) is 1. The minimum atomic E-state index is -0.517. The first-order valence-electron chi connectivity index (χ1n) is 16.2. The molecule has 0 radical (unpaired) electrons. The molecule has 5 rings (SSSR count). The number of carbonyl (C=O) groups excluding carboxylic acids is 2. The minimum absolute atomic E-state index is 0.0161. The lowest BCUT2D eigenvalue weighted by molar-refractivity contribution is -0.253. The number of piperidine rings is 1. The third kappa shape index (κ3) is 9.86. The van der Waals surface area contributed by atoms with Gasteiger partial charge in [0.2, 0.25) is 11.8 Å². The molecule has 0 aliphatic carbocycles. The first kappa shape index (κ1) is 32.6. The van der Waals surface area contributed by atoms with Crippen LogP contribution in [0.25, 0.3) is 0 Å². The van der Waals surface area contributed by atoms with Gasteiger partial charge in [-0.1, -0.05) is 61.4 Å². The second-order valence-electron chi connectivity index (χ2n) is 12.1. The number of nitrogens with zero attached hydrogens (tertiary/aromatic N) is 1. The lowest BCUT2D eigenvalue weighted by atomic mass is 9.99. The average Bonchev–Trinajstić information content (AvgIpc) is 3.06. The smallest absolute Gasteiger partial charge is 0.224 e. The highest BCUT2D eigenvalue weighted by molar-refractivity contribution is 5.93. The molecule has 2 amide bonds. The summed E-state index contributed by atoms with van der Waals surface area (Å²) in [6.07, 6.45) is 6.88. The van der Waals surface area contributed by atoms with Crippen molar-refractivity contribution in [2.75, 3.05) is 36.0 Å². The fourth-order valence-electron chi connectivity index (χ4n) is 5.98. The first-order chi connectivity index (χ1) is 22.0. The van der Waals surface area contributed by atoms with E-state index in [4.69, 9.17) is 15.2 Å². The highest BCUT2D eigenvalue weighted by Crippen LogP contribution is 2.38. The molecule has 0 saturated carbocycles. The van der Waals surface area contributed by atoms with E-state index < -0.39 is 6.29 Å². The normalized spacial score (nSPS) is 20.4. The molecule has 9 nitrogen and oxygen atoms in total. The van der Waals surface area contributed by atoms with E-state index in [1.165, 1.54) is 19.3 Å². The summed E-state index contributed by atoms with van der Waals surface area (Å²) in [5, 5.41) is 15.3. The Labute approximate surface area is 266 Å². The monoisotopic (exact) mass is 614 g/mol. The van der Waals surface area contributed by atoms with E-state index >= 15 is 0 Å². The lowest BCUT2D eigenvalue weighted by Gasteiger charge is -2.39. The number of nitrogens with one attached hydrogen (secondary N) is 2. The van der Waals surface area contributed by atoms with E-state index in [1.807, 2.05) is 60.7 Å². The second-order valence-corrected chi connectivity index (χ2v) is 12.1. The molecule has 0 bridgehead atoms. The number of hydrogen-bond acceptors (Lipinski definition) is 7. The summed E-state index contributed by atoms with van der Waals surface area (Å²) in [6, 6.07) is 22.8. The fraction of sp³-hybridized carbons (Fsp3) is 0.444. The molecule has 5 N–H and O–H groups in total. The molecule has 0 spiro atoms. The number of rotatable bonds is 13. The molecule has 2 aliphatic rings. The Morgan fingerprint density at radius 3 is 2.16 bits per heavy atom. The van der Waals surface area contributed by atoms with Crippen molar-refractivity contribution in [3.63, 3.8) is 0 Å². The molecular formula is C36H46N4O5. The van der Waals surface area contributed by atoms with E-state index in [2.05, 4.69) is 15.5 Å². The Bertz CT molecular complexity index is 1370. The van der Waals surface area contributed by atoms with Crippen LogP contribution in [0.3, 0.4) is 0 Å².